The van der Waals surface area contributed by atoms with Crippen LogP contribution in [-0.2, 0) is 9.53 Å². The number of hydrogen-bond acceptors (Lipinski definition) is 3. The van der Waals surface area contributed by atoms with Gasteiger partial charge in [-0.15, -0.1) is 18.1 Å². The minimum Gasteiger partial charge on any atom is -0.654 e. The molecule has 0 spiro atoms. The van der Waals surface area contributed by atoms with E-state index in [1.807, 2.05) is 39.8 Å². The Hall–Kier alpha value is 0.952. The fourth-order valence-electron chi connectivity index (χ4n) is 1.39. The Morgan fingerprint density at radius 3 is 2.08 bits per heavy atom. The summed E-state index contributed by atoms with van der Waals surface area (Å²) in [5.41, 5.74) is 1.09. The van der Waals surface area contributed by atoms with Crippen molar-refractivity contribution in [1.82, 2.24) is 0 Å². The predicted octanol–water partition coefficient (Wildman–Crippen LogP) is 2.35. The number of phenols is 1. The minimum atomic E-state index is 0. The normalized spacial score (nSPS) is 13.6. The first-order chi connectivity index (χ1) is 11.5. The van der Waals surface area contributed by atoms with Crippen molar-refractivity contribution in [2.75, 3.05) is 26.6 Å². The molecule has 0 aliphatic carbocycles. The zero-order chi connectivity index (χ0) is 19.2. The first-order valence-electron chi connectivity index (χ1n) is 8.39. The second kappa shape index (κ2) is 29.7. The summed E-state index contributed by atoms with van der Waals surface area (Å²) < 4.78 is 4.25. The Bertz CT molecular complexity index is 343. The van der Waals surface area contributed by atoms with Crippen molar-refractivity contribution >= 4 is 17.9 Å². The number of aromatic hydroxyl groups is 1. The van der Waals surface area contributed by atoms with E-state index in [-0.39, 0.29) is 74.9 Å². The number of methoxy groups -OCH3 is 1. The first kappa shape index (κ1) is 33.5. The summed E-state index contributed by atoms with van der Waals surface area (Å²) in [6.07, 6.45) is 4.08. The van der Waals surface area contributed by atoms with Crippen molar-refractivity contribution in [1.29, 1.82) is 0 Å². The number of benzene rings is 1. The number of halogens is 1. The van der Waals surface area contributed by atoms with Gasteiger partial charge >= 0.3 is 68.9 Å². The number of alkyl halides is 1. The Morgan fingerprint density at radius 2 is 1.88 bits per heavy atom. The van der Waals surface area contributed by atoms with Gasteiger partial charge in [-0.25, -0.2) is 0 Å². The largest absolute Gasteiger partial charge is 1.00 e. The molecule has 6 heteroatoms. The van der Waals surface area contributed by atoms with Crippen LogP contribution in [0.4, 0.5) is 0 Å². The van der Waals surface area contributed by atoms with Gasteiger partial charge < -0.3 is 20.0 Å². The van der Waals surface area contributed by atoms with Crippen LogP contribution in [0.15, 0.2) is 24.3 Å². The second-order valence-corrected chi connectivity index (χ2v) is 5.07. The fraction of sp³-hybridized carbons (Fsp3) is 0.632. The molecule has 1 aliphatic rings. The zero-order valence-electron chi connectivity index (χ0n) is 17.1. The number of rotatable bonds is 2. The quantitative estimate of drug-likeness (QED) is 0.508. The van der Waals surface area contributed by atoms with E-state index < -0.39 is 0 Å². The Morgan fingerprint density at radius 1 is 1.36 bits per heavy atom. The van der Waals surface area contributed by atoms with Crippen LogP contribution >= 0.6 is 11.6 Å². The molecule has 1 atom stereocenters. The zero-order valence-corrected chi connectivity index (χ0v) is 24.1. The van der Waals surface area contributed by atoms with E-state index in [0.29, 0.717) is 5.75 Å². The molecule has 1 saturated heterocycles. The maximum atomic E-state index is 9.91. The third kappa shape index (κ3) is 29.9. The monoisotopic (exact) mass is 493 g/mol. The van der Waals surface area contributed by atoms with Gasteiger partial charge in [-0.2, -0.15) is 0 Å². The van der Waals surface area contributed by atoms with Crippen molar-refractivity contribution in [3.63, 3.8) is 0 Å². The average Bonchev–Trinajstić information content (AvgIpc) is 3.12. The molecular formula is C19H35ClCsNO3. The smallest absolute Gasteiger partial charge is 0.654 e. The molecule has 25 heavy (non-hydrogen) atoms. The van der Waals surface area contributed by atoms with E-state index in [9.17, 15) is 4.79 Å². The molecule has 0 bridgehead atoms. The Labute approximate surface area is 218 Å². The van der Waals surface area contributed by atoms with Crippen LogP contribution in [0.3, 0.4) is 0 Å². The van der Waals surface area contributed by atoms with E-state index in [1.54, 1.807) is 26.4 Å². The van der Waals surface area contributed by atoms with E-state index in [0.717, 1.165) is 43.5 Å². The minimum absolute atomic E-state index is 0. The third-order valence-electron chi connectivity index (χ3n) is 2.37. The summed E-state index contributed by atoms with van der Waals surface area (Å²) in [6, 6.07) is 7.19. The van der Waals surface area contributed by atoms with Crippen LogP contribution in [0, 0.1) is 6.92 Å². The molecule has 142 valence electrons. The van der Waals surface area contributed by atoms with E-state index >= 15 is 0 Å². The van der Waals surface area contributed by atoms with E-state index in [4.69, 9.17) is 16.7 Å². The van der Waals surface area contributed by atoms with Gasteiger partial charge in [0.15, 0.2) is 0 Å². The second-order valence-electron chi connectivity index (χ2n) is 4.69. The summed E-state index contributed by atoms with van der Waals surface area (Å²) in [4.78, 5) is 9.91. The topological polar surface area (TPSA) is 60.6 Å². The number of carbonyl (C=O) groups is 1. The molecule has 1 unspecified atom stereocenters. The summed E-state index contributed by atoms with van der Waals surface area (Å²) in [6.45, 7) is 8.89. The number of ether oxygens (including phenoxy) is 1. The van der Waals surface area contributed by atoms with Crippen LogP contribution in [0.5, 0.6) is 5.75 Å². The van der Waals surface area contributed by atoms with Gasteiger partial charge in [-0.1, -0.05) is 51.8 Å². The summed E-state index contributed by atoms with van der Waals surface area (Å²) in [7, 11) is 3.25. The molecule has 1 fully saturated rings. The number of nitrogens with zero attached hydrogens (tertiary/aromatic N) is 1. The van der Waals surface area contributed by atoms with Gasteiger partial charge in [-0.3, -0.25) is 0 Å². The SMILES string of the molecule is CC.CCCCl.COC.Cc1cccc(O)c1.O=CC1CCC[N-]1.[Cs+]. The molecular weight excluding hydrogens is 459 g/mol. The van der Waals surface area contributed by atoms with Gasteiger partial charge in [0.1, 0.15) is 12.0 Å². The van der Waals surface area contributed by atoms with Crippen molar-refractivity contribution in [2.45, 2.75) is 53.0 Å². The molecule has 0 radical (unpaired) electrons. The number of aryl methyl sites for hydroxylation is 1. The van der Waals surface area contributed by atoms with E-state index in [1.165, 1.54) is 0 Å². The molecule has 1 aromatic rings. The molecule has 1 aromatic carbocycles. The Balaban J connectivity index is -0.000000119. The Kier molecular flexibility index (Phi) is 39.8. The number of hydrogen-bond donors (Lipinski definition) is 1. The van der Waals surface area contributed by atoms with Crippen LogP contribution < -0.4 is 68.9 Å². The van der Waals surface area contributed by atoms with E-state index in [2.05, 4.69) is 10.1 Å². The molecule has 0 saturated carbocycles. The summed E-state index contributed by atoms with van der Waals surface area (Å²) in [5.74, 6) is 1.13. The van der Waals surface area contributed by atoms with Crippen LogP contribution in [0.2, 0.25) is 0 Å². The molecule has 1 heterocycles. The van der Waals surface area contributed by atoms with Crippen molar-refractivity contribution < 1.29 is 83.5 Å². The molecule has 1 N–H and O–H groups in total. The van der Waals surface area contributed by atoms with Crippen LogP contribution in [0.1, 0.15) is 45.6 Å². The molecule has 2 rings (SSSR count). The molecule has 1 aliphatic heterocycles. The van der Waals surface area contributed by atoms with Gasteiger partial charge in [0.2, 0.25) is 0 Å². The maximum Gasteiger partial charge on any atom is 1.00 e. The van der Waals surface area contributed by atoms with Crippen LogP contribution in [0.25, 0.3) is 5.32 Å². The molecule has 4 nitrogen and oxygen atoms in total. The van der Waals surface area contributed by atoms with Gasteiger partial charge in [0.05, 0.1) is 0 Å². The van der Waals surface area contributed by atoms with Gasteiger partial charge in [0.25, 0.3) is 0 Å². The molecule has 0 amide bonds. The summed E-state index contributed by atoms with van der Waals surface area (Å²) in [5, 5.41) is 12.8. The maximum absolute atomic E-state index is 9.91. The standard InChI is InChI=1S/C7H8O.C5H8NO.C3H7Cl.C2H6O.C2H6.Cs/c1-6-3-2-4-7(8)5-6;7-4-5-2-1-3-6-5;1-2-3-4;1-3-2;1-2;/h2-5,8H,1H3;4-5H,1-3H2;2-3H2,1H3;1-2H3;1-2H3;/q;-1;;;;+1. The van der Waals surface area contributed by atoms with Crippen molar-refractivity contribution in [2.24, 2.45) is 0 Å². The predicted molar refractivity (Wildman–Crippen MR) is 105 cm³/mol. The van der Waals surface area contributed by atoms with Crippen molar-refractivity contribution in [3.8, 4) is 5.75 Å². The number of phenolic OH excluding ortho intramolecular Hbond substituents is 1. The van der Waals surface area contributed by atoms with Gasteiger partial charge in [0, 0.05) is 20.1 Å². The molecule has 0 aromatic heterocycles. The average molecular weight is 494 g/mol. The van der Waals surface area contributed by atoms with Gasteiger partial charge in [-0.05, 0) is 31.0 Å². The number of carbonyl (C=O) groups excluding carboxylic acids is 1. The third-order valence-corrected chi connectivity index (χ3v) is 2.75. The fourth-order valence-corrected chi connectivity index (χ4v) is 1.39. The summed E-state index contributed by atoms with van der Waals surface area (Å²) >= 11 is 5.19. The van der Waals surface area contributed by atoms with Crippen molar-refractivity contribution in [3.05, 3.63) is 35.1 Å². The number of aldehydes is 1. The van der Waals surface area contributed by atoms with Crippen LogP contribution in [-0.4, -0.2) is 44.1 Å². The first-order valence-corrected chi connectivity index (χ1v) is 8.92.